The van der Waals surface area contributed by atoms with E-state index in [-0.39, 0.29) is 6.04 Å². The lowest BCUT2D eigenvalue weighted by Gasteiger charge is -2.29. The highest BCUT2D eigenvalue weighted by atomic mass is 32.2. The van der Waals surface area contributed by atoms with Crippen LogP contribution in [0, 0.1) is 11.6 Å². The second-order valence-corrected chi connectivity index (χ2v) is 5.65. The predicted octanol–water partition coefficient (Wildman–Crippen LogP) is 2.40. The number of thioether (sulfide) groups is 1. The van der Waals surface area contributed by atoms with Gasteiger partial charge in [-0.15, -0.1) is 0 Å². The van der Waals surface area contributed by atoms with Crippen molar-refractivity contribution in [3.63, 3.8) is 0 Å². The number of benzene rings is 1. The van der Waals surface area contributed by atoms with E-state index < -0.39 is 11.6 Å². The van der Waals surface area contributed by atoms with E-state index in [2.05, 4.69) is 4.90 Å². The van der Waals surface area contributed by atoms with Crippen LogP contribution in [0.5, 0.6) is 0 Å². The zero-order valence-electron chi connectivity index (χ0n) is 10.2. The van der Waals surface area contributed by atoms with Crippen molar-refractivity contribution in [3.05, 3.63) is 35.4 Å². The van der Waals surface area contributed by atoms with Gasteiger partial charge < -0.3 is 5.73 Å². The molecule has 5 heteroatoms. The van der Waals surface area contributed by atoms with Crippen LogP contribution < -0.4 is 5.73 Å². The Kier molecular flexibility index (Phi) is 4.97. The normalized spacial score (nSPS) is 19.5. The number of rotatable bonds is 3. The molecule has 18 heavy (non-hydrogen) atoms. The first-order valence-corrected chi connectivity index (χ1v) is 7.34. The predicted molar refractivity (Wildman–Crippen MR) is 71.7 cm³/mol. The van der Waals surface area contributed by atoms with Crippen molar-refractivity contribution in [2.24, 2.45) is 5.73 Å². The fourth-order valence-corrected chi connectivity index (χ4v) is 3.19. The maximum atomic E-state index is 13.3. The van der Waals surface area contributed by atoms with E-state index in [0.717, 1.165) is 36.6 Å². The van der Waals surface area contributed by atoms with E-state index in [1.807, 2.05) is 11.8 Å². The van der Waals surface area contributed by atoms with E-state index in [4.69, 9.17) is 5.73 Å². The third kappa shape index (κ3) is 3.22. The van der Waals surface area contributed by atoms with Gasteiger partial charge >= 0.3 is 0 Å². The van der Waals surface area contributed by atoms with Gasteiger partial charge in [0.25, 0.3) is 0 Å². The maximum Gasteiger partial charge on any atom is 0.159 e. The van der Waals surface area contributed by atoms with Gasteiger partial charge in [-0.25, -0.2) is 8.78 Å². The van der Waals surface area contributed by atoms with Gasteiger partial charge in [0.15, 0.2) is 11.6 Å². The molecule has 100 valence electrons. The summed E-state index contributed by atoms with van der Waals surface area (Å²) in [6, 6.07) is 4.07. The lowest BCUT2D eigenvalue weighted by Crippen LogP contribution is -2.35. The molecule has 0 radical (unpaired) electrons. The molecule has 1 atom stereocenters. The smallest absolute Gasteiger partial charge is 0.159 e. The van der Waals surface area contributed by atoms with Gasteiger partial charge in [-0.05, 0) is 36.4 Å². The molecule has 0 amide bonds. The first kappa shape index (κ1) is 13.8. The lowest BCUT2D eigenvalue weighted by molar-refractivity contribution is 0.217. The van der Waals surface area contributed by atoms with Gasteiger partial charge in [0.1, 0.15) is 0 Å². The molecule has 1 fully saturated rings. The Morgan fingerprint density at radius 1 is 1.22 bits per heavy atom. The van der Waals surface area contributed by atoms with Gasteiger partial charge in [0.2, 0.25) is 0 Å². The highest BCUT2D eigenvalue weighted by Crippen LogP contribution is 2.24. The van der Waals surface area contributed by atoms with Crippen molar-refractivity contribution < 1.29 is 8.78 Å². The number of halogens is 2. The molecule has 2 nitrogen and oxygen atoms in total. The van der Waals surface area contributed by atoms with Crippen LogP contribution in [0.25, 0.3) is 0 Å². The first-order valence-electron chi connectivity index (χ1n) is 6.19. The molecule has 2 N–H and O–H groups in total. The molecule has 1 heterocycles. The molecule has 1 aliphatic heterocycles. The van der Waals surface area contributed by atoms with Crippen molar-refractivity contribution in [2.45, 2.75) is 12.5 Å². The summed E-state index contributed by atoms with van der Waals surface area (Å²) in [7, 11) is 0. The Balaban J connectivity index is 2.17. The standard InChI is InChI=1S/C13H18F2N2S/c14-11-3-2-10(8-12(11)15)13(9-16)17-4-1-6-18-7-5-17/h2-3,8,13H,1,4-7,9,16H2. The molecule has 0 aliphatic carbocycles. The van der Waals surface area contributed by atoms with Gasteiger partial charge in [0, 0.05) is 24.9 Å². The Hall–Kier alpha value is -0.650. The maximum absolute atomic E-state index is 13.3. The Bertz CT molecular complexity index is 393. The molecule has 1 aromatic rings. The summed E-state index contributed by atoms with van der Waals surface area (Å²) in [5.41, 5.74) is 6.58. The summed E-state index contributed by atoms with van der Waals surface area (Å²) in [5.74, 6) is 0.627. The van der Waals surface area contributed by atoms with Gasteiger partial charge in [-0.2, -0.15) is 11.8 Å². The Morgan fingerprint density at radius 2 is 2.06 bits per heavy atom. The SMILES string of the molecule is NCC(c1ccc(F)c(F)c1)N1CCCSCC1. The lowest BCUT2D eigenvalue weighted by atomic mass is 10.0. The summed E-state index contributed by atoms with van der Waals surface area (Å²) in [6.45, 7) is 2.34. The zero-order valence-corrected chi connectivity index (χ0v) is 11.1. The molecular weight excluding hydrogens is 254 g/mol. The molecule has 0 spiro atoms. The summed E-state index contributed by atoms with van der Waals surface area (Å²) in [4.78, 5) is 2.27. The van der Waals surface area contributed by atoms with Crippen LogP contribution in [0.4, 0.5) is 8.78 Å². The minimum absolute atomic E-state index is 0.0150. The largest absolute Gasteiger partial charge is 0.329 e. The quantitative estimate of drug-likeness (QED) is 0.916. The molecule has 0 aromatic heterocycles. The molecule has 0 bridgehead atoms. The Morgan fingerprint density at radius 3 is 2.78 bits per heavy atom. The molecule has 2 rings (SSSR count). The van der Waals surface area contributed by atoms with E-state index in [1.54, 1.807) is 6.07 Å². The molecule has 1 unspecified atom stereocenters. The van der Waals surface area contributed by atoms with E-state index in [0.29, 0.717) is 6.54 Å². The molecular formula is C13H18F2N2S. The fraction of sp³-hybridized carbons (Fsp3) is 0.538. The van der Waals surface area contributed by atoms with Gasteiger partial charge in [0.05, 0.1) is 0 Å². The highest BCUT2D eigenvalue weighted by molar-refractivity contribution is 7.99. The van der Waals surface area contributed by atoms with Crippen LogP contribution in [-0.4, -0.2) is 36.0 Å². The third-order valence-electron chi connectivity index (χ3n) is 3.25. The fourth-order valence-electron chi connectivity index (χ4n) is 2.29. The second-order valence-electron chi connectivity index (χ2n) is 4.43. The van der Waals surface area contributed by atoms with Crippen LogP contribution in [0.3, 0.4) is 0 Å². The summed E-state index contributed by atoms with van der Waals surface area (Å²) in [5, 5.41) is 0. The van der Waals surface area contributed by atoms with E-state index >= 15 is 0 Å². The average Bonchev–Trinajstić information content (AvgIpc) is 2.64. The minimum atomic E-state index is -0.805. The van der Waals surface area contributed by atoms with Crippen molar-refractivity contribution >= 4 is 11.8 Å². The summed E-state index contributed by atoms with van der Waals surface area (Å²) >= 11 is 1.93. The summed E-state index contributed by atoms with van der Waals surface area (Å²) < 4.78 is 26.2. The zero-order chi connectivity index (χ0) is 13.0. The first-order chi connectivity index (χ1) is 8.72. The number of hydrogen-bond donors (Lipinski definition) is 1. The second kappa shape index (κ2) is 6.50. The minimum Gasteiger partial charge on any atom is -0.329 e. The van der Waals surface area contributed by atoms with Crippen molar-refractivity contribution in [1.29, 1.82) is 0 Å². The molecule has 1 aliphatic rings. The monoisotopic (exact) mass is 272 g/mol. The van der Waals surface area contributed by atoms with Crippen LogP contribution in [0.15, 0.2) is 18.2 Å². The van der Waals surface area contributed by atoms with Crippen LogP contribution in [0.1, 0.15) is 18.0 Å². The van der Waals surface area contributed by atoms with E-state index in [9.17, 15) is 8.78 Å². The number of hydrogen-bond acceptors (Lipinski definition) is 3. The van der Waals surface area contributed by atoms with Crippen molar-refractivity contribution in [2.75, 3.05) is 31.1 Å². The van der Waals surface area contributed by atoms with Gasteiger partial charge in [-0.1, -0.05) is 6.07 Å². The Labute approximate surface area is 111 Å². The number of nitrogens with zero attached hydrogens (tertiary/aromatic N) is 1. The molecule has 1 aromatic carbocycles. The molecule has 1 saturated heterocycles. The van der Waals surface area contributed by atoms with Crippen LogP contribution in [-0.2, 0) is 0 Å². The third-order valence-corrected chi connectivity index (χ3v) is 4.30. The van der Waals surface area contributed by atoms with Crippen LogP contribution in [0.2, 0.25) is 0 Å². The van der Waals surface area contributed by atoms with E-state index in [1.165, 1.54) is 12.1 Å². The highest BCUT2D eigenvalue weighted by Gasteiger charge is 2.21. The molecule has 0 saturated carbocycles. The van der Waals surface area contributed by atoms with Crippen LogP contribution >= 0.6 is 11.8 Å². The average molecular weight is 272 g/mol. The van der Waals surface area contributed by atoms with Crippen molar-refractivity contribution in [1.82, 2.24) is 4.90 Å². The van der Waals surface area contributed by atoms with Crippen molar-refractivity contribution in [3.8, 4) is 0 Å². The van der Waals surface area contributed by atoms with Gasteiger partial charge in [-0.3, -0.25) is 4.90 Å². The summed E-state index contributed by atoms with van der Waals surface area (Å²) in [6.07, 6.45) is 1.12. The topological polar surface area (TPSA) is 29.3 Å². The number of nitrogens with two attached hydrogens (primary N) is 1.